The lowest BCUT2D eigenvalue weighted by molar-refractivity contribution is 1.07. The highest BCUT2D eigenvalue weighted by Gasteiger charge is 2.06. The maximum atomic E-state index is 5.79. The third-order valence-electron chi connectivity index (χ3n) is 2.27. The summed E-state index contributed by atoms with van der Waals surface area (Å²) >= 11 is 17.2. The van der Waals surface area contributed by atoms with E-state index < -0.39 is 0 Å². The molecule has 4 nitrogen and oxygen atoms in total. The molecule has 0 amide bonds. The van der Waals surface area contributed by atoms with Gasteiger partial charge in [-0.25, -0.2) is 9.97 Å². The minimum atomic E-state index is 0.0778. The average molecular weight is 316 g/mol. The zero-order valence-corrected chi connectivity index (χ0v) is 11.9. The molecule has 0 bridgehead atoms. The topological polar surface area (TPSA) is 64.2 Å². The number of rotatable bonds is 3. The largest absolute Gasteiger partial charge is 0.382 e. The molecule has 0 saturated carbocycles. The van der Waals surface area contributed by atoms with Gasteiger partial charge in [-0.2, -0.15) is 0 Å². The molecule has 1 aromatic carbocycles. The molecule has 0 radical (unpaired) electrons. The van der Waals surface area contributed by atoms with Crippen molar-refractivity contribution in [3.63, 3.8) is 0 Å². The molecule has 0 fully saturated rings. The average Bonchev–Trinajstić information content (AvgIpc) is 2.38. The zero-order chi connectivity index (χ0) is 13.8. The molecule has 2 aromatic rings. The van der Waals surface area contributed by atoms with Crippen LogP contribution in [-0.4, -0.2) is 16.2 Å². The van der Waals surface area contributed by atoms with Gasteiger partial charge in [-0.15, -0.1) is 0 Å². The van der Waals surface area contributed by atoms with Crippen molar-refractivity contribution in [1.29, 1.82) is 0 Å². The second-order valence-corrected chi connectivity index (χ2v) is 4.82. The number of anilines is 1. The van der Waals surface area contributed by atoms with Crippen molar-refractivity contribution in [1.82, 2.24) is 9.97 Å². The van der Waals surface area contributed by atoms with Gasteiger partial charge in [0.2, 0.25) is 0 Å². The number of nitrogen functional groups attached to an aromatic ring is 1. The second-order valence-electron chi connectivity index (χ2n) is 3.67. The fraction of sp³-hybridized carbons (Fsp3) is 0.0833. The van der Waals surface area contributed by atoms with Gasteiger partial charge in [-0.3, -0.25) is 4.99 Å². The highest BCUT2D eigenvalue weighted by atomic mass is 35.5. The monoisotopic (exact) mass is 314 g/mol. The summed E-state index contributed by atoms with van der Waals surface area (Å²) in [4.78, 5) is 12.1. The molecular formula is C12H9Cl3N4. The lowest BCUT2D eigenvalue weighted by Crippen LogP contribution is -2.01. The first-order valence-electron chi connectivity index (χ1n) is 5.29. The van der Waals surface area contributed by atoms with E-state index in [1.165, 1.54) is 6.21 Å². The molecule has 0 saturated heterocycles. The maximum absolute atomic E-state index is 5.79. The van der Waals surface area contributed by atoms with Gasteiger partial charge in [0, 0.05) is 5.02 Å². The van der Waals surface area contributed by atoms with Crippen LogP contribution in [0.4, 0.5) is 5.82 Å². The molecule has 98 valence electrons. The first kappa shape index (κ1) is 14.1. The van der Waals surface area contributed by atoms with E-state index in [1.54, 1.807) is 12.1 Å². The predicted molar refractivity (Wildman–Crippen MR) is 79.2 cm³/mol. The van der Waals surface area contributed by atoms with Crippen molar-refractivity contribution in [3.05, 3.63) is 50.9 Å². The Balaban J connectivity index is 2.11. The summed E-state index contributed by atoms with van der Waals surface area (Å²) in [6, 6.07) is 7.40. The highest BCUT2D eigenvalue weighted by Crippen LogP contribution is 2.19. The number of hydrogen-bond acceptors (Lipinski definition) is 4. The van der Waals surface area contributed by atoms with Gasteiger partial charge in [-0.05, 0) is 17.7 Å². The minimum absolute atomic E-state index is 0.0778. The van der Waals surface area contributed by atoms with Crippen molar-refractivity contribution in [2.45, 2.75) is 6.54 Å². The molecule has 1 heterocycles. The molecule has 7 heteroatoms. The number of aromatic nitrogens is 2. The Morgan fingerprint density at radius 3 is 2.37 bits per heavy atom. The van der Waals surface area contributed by atoms with Crippen LogP contribution in [0.15, 0.2) is 29.3 Å². The molecule has 2 rings (SSSR count). The number of aliphatic imine (C=N–C) groups is 1. The van der Waals surface area contributed by atoms with Crippen molar-refractivity contribution in [2.24, 2.45) is 4.99 Å². The van der Waals surface area contributed by atoms with E-state index >= 15 is 0 Å². The summed E-state index contributed by atoms with van der Waals surface area (Å²) < 4.78 is 0. The Kier molecular flexibility index (Phi) is 4.58. The summed E-state index contributed by atoms with van der Waals surface area (Å²) in [6.07, 6.45) is 1.51. The van der Waals surface area contributed by atoms with Crippen LogP contribution >= 0.6 is 34.8 Å². The normalized spacial score (nSPS) is 11.1. The number of nitrogens with two attached hydrogens (primary N) is 1. The molecule has 0 aliphatic carbocycles. The van der Waals surface area contributed by atoms with Gasteiger partial charge in [0.1, 0.15) is 5.69 Å². The van der Waals surface area contributed by atoms with E-state index in [9.17, 15) is 0 Å². The molecular weight excluding hydrogens is 307 g/mol. The standard InChI is InChI=1S/C12H9Cl3N4/c13-8-3-1-7(2-4-8)5-17-6-9-12(16)19-11(15)10(14)18-9/h1-4,6H,5H2,(H2,16,19). The van der Waals surface area contributed by atoms with Gasteiger partial charge < -0.3 is 5.73 Å². The molecule has 0 atom stereocenters. The maximum Gasteiger partial charge on any atom is 0.168 e. The van der Waals surface area contributed by atoms with E-state index in [1.807, 2.05) is 12.1 Å². The predicted octanol–water partition coefficient (Wildman–Crippen LogP) is 3.64. The Bertz CT molecular complexity index is 611. The van der Waals surface area contributed by atoms with E-state index in [2.05, 4.69) is 15.0 Å². The number of halogens is 3. The fourth-order valence-corrected chi connectivity index (χ4v) is 1.73. The molecule has 0 aliphatic rings. The van der Waals surface area contributed by atoms with Gasteiger partial charge in [-0.1, -0.05) is 46.9 Å². The van der Waals surface area contributed by atoms with E-state index in [0.29, 0.717) is 17.3 Å². The van der Waals surface area contributed by atoms with E-state index in [0.717, 1.165) is 5.56 Å². The first-order chi connectivity index (χ1) is 9.06. The van der Waals surface area contributed by atoms with Crippen LogP contribution in [0.5, 0.6) is 0 Å². The Morgan fingerprint density at radius 1 is 1.05 bits per heavy atom. The number of hydrogen-bond donors (Lipinski definition) is 1. The van der Waals surface area contributed by atoms with Crippen LogP contribution in [0.2, 0.25) is 15.3 Å². The third kappa shape index (κ3) is 3.80. The van der Waals surface area contributed by atoms with Gasteiger partial charge in [0.05, 0.1) is 12.8 Å². The van der Waals surface area contributed by atoms with Gasteiger partial charge >= 0.3 is 0 Å². The van der Waals surface area contributed by atoms with E-state index in [4.69, 9.17) is 40.5 Å². The summed E-state index contributed by atoms with van der Waals surface area (Å²) in [5, 5.41) is 0.866. The zero-order valence-electron chi connectivity index (χ0n) is 9.65. The minimum Gasteiger partial charge on any atom is -0.382 e. The lowest BCUT2D eigenvalue weighted by Gasteiger charge is -2.01. The van der Waals surface area contributed by atoms with Crippen LogP contribution in [0, 0.1) is 0 Å². The Hall–Kier alpha value is -1.36. The molecule has 19 heavy (non-hydrogen) atoms. The number of nitrogens with zero attached hydrogens (tertiary/aromatic N) is 3. The molecule has 0 unspecified atom stereocenters. The first-order valence-corrected chi connectivity index (χ1v) is 6.42. The SMILES string of the molecule is Nc1nc(Cl)c(Cl)nc1C=NCc1ccc(Cl)cc1. The van der Waals surface area contributed by atoms with Crippen LogP contribution in [0.3, 0.4) is 0 Å². The molecule has 2 N–H and O–H groups in total. The second kappa shape index (κ2) is 6.19. The number of benzene rings is 1. The van der Waals surface area contributed by atoms with Gasteiger partial charge in [0.15, 0.2) is 16.1 Å². The fourth-order valence-electron chi connectivity index (χ4n) is 1.34. The van der Waals surface area contributed by atoms with E-state index in [-0.39, 0.29) is 16.1 Å². The van der Waals surface area contributed by atoms with Crippen molar-refractivity contribution in [2.75, 3.05) is 5.73 Å². The van der Waals surface area contributed by atoms with Crippen molar-refractivity contribution < 1.29 is 0 Å². The molecule has 0 spiro atoms. The lowest BCUT2D eigenvalue weighted by atomic mass is 10.2. The third-order valence-corrected chi connectivity index (χ3v) is 3.15. The molecule has 0 aliphatic heterocycles. The van der Waals surface area contributed by atoms with Crippen molar-refractivity contribution >= 4 is 46.8 Å². The summed E-state index contributed by atoms with van der Waals surface area (Å²) in [6.45, 7) is 0.485. The summed E-state index contributed by atoms with van der Waals surface area (Å²) in [5.74, 6) is 0.189. The van der Waals surface area contributed by atoms with Gasteiger partial charge in [0.25, 0.3) is 0 Å². The van der Waals surface area contributed by atoms with Crippen LogP contribution in [0.1, 0.15) is 11.3 Å². The van der Waals surface area contributed by atoms with Crippen LogP contribution < -0.4 is 5.73 Å². The van der Waals surface area contributed by atoms with Crippen molar-refractivity contribution in [3.8, 4) is 0 Å². The van der Waals surface area contributed by atoms with Crippen LogP contribution in [-0.2, 0) is 6.54 Å². The van der Waals surface area contributed by atoms with Crippen LogP contribution in [0.25, 0.3) is 0 Å². The molecule has 1 aromatic heterocycles. The Morgan fingerprint density at radius 2 is 1.68 bits per heavy atom. The Labute approximate surface area is 125 Å². The summed E-state index contributed by atoms with van der Waals surface area (Å²) in [5.41, 5.74) is 7.08. The highest BCUT2D eigenvalue weighted by molar-refractivity contribution is 6.40. The smallest absolute Gasteiger partial charge is 0.168 e. The summed E-state index contributed by atoms with van der Waals surface area (Å²) in [7, 11) is 0. The quantitative estimate of drug-likeness (QED) is 0.879.